The normalized spacial score (nSPS) is 18.2. The largest absolute Gasteiger partial charge is 0.481 e. The number of carboxylic acids is 1. The Morgan fingerprint density at radius 1 is 0.946 bits per heavy atom. The van der Waals surface area contributed by atoms with E-state index in [2.05, 4.69) is 0 Å². The van der Waals surface area contributed by atoms with E-state index in [-0.39, 0.29) is 22.6 Å². The van der Waals surface area contributed by atoms with Crippen molar-refractivity contribution in [2.75, 3.05) is 0 Å². The molecule has 1 saturated carbocycles. The van der Waals surface area contributed by atoms with E-state index >= 15 is 0 Å². The van der Waals surface area contributed by atoms with Crippen molar-refractivity contribution in [3.8, 4) is 11.3 Å². The van der Waals surface area contributed by atoms with E-state index in [0.29, 0.717) is 28.9 Å². The Morgan fingerprint density at radius 2 is 1.62 bits per heavy atom. The van der Waals surface area contributed by atoms with Crippen LogP contribution in [0.5, 0.6) is 0 Å². The molecule has 0 radical (unpaired) electrons. The molecule has 1 aliphatic carbocycles. The standard InChI is InChI=1S/C29H29ClN2O4S/c30-21-15-13-20(14-16-21)22-10-6-11-24(29(22)37(31,35)36)28-25(17-27(33)34)23-9-4-5-12-26(23)32(28)18-19-7-2-1-3-8-19/h1-12,20-21H,13-18H2,(H,33,34)(H2,31,35,36). The van der Waals surface area contributed by atoms with E-state index in [1.165, 1.54) is 0 Å². The summed E-state index contributed by atoms with van der Waals surface area (Å²) in [4.78, 5) is 12.1. The van der Waals surface area contributed by atoms with Gasteiger partial charge in [0.25, 0.3) is 0 Å². The number of alkyl halides is 1. The molecular weight excluding hydrogens is 508 g/mol. The second kappa shape index (κ2) is 10.3. The topological polar surface area (TPSA) is 102 Å². The van der Waals surface area contributed by atoms with E-state index in [1.54, 1.807) is 6.07 Å². The molecule has 4 aromatic rings. The predicted octanol–water partition coefficient (Wildman–Crippen LogP) is 5.90. The predicted molar refractivity (Wildman–Crippen MR) is 146 cm³/mol. The second-order valence-electron chi connectivity index (χ2n) is 9.70. The minimum atomic E-state index is -4.14. The monoisotopic (exact) mass is 536 g/mol. The van der Waals surface area contributed by atoms with Crippen molar-refractivity contribution in [3.63, 3.8) is 0 Å². The number of aromatic nitrogens is 1. The zero-order valence-electron chi connectivity index (χ0n) is 20.3. The summed E-state index contributed by atoms with van der Waals surface area (Å²) in [5, 5.41) is 16.6. The number of fused-ring (bicyclic) bond motifs is 1. The first-order valence-corrected chi connectivity index (χ1v) is 14.4. The number of carbonyl (C=O) groups is 1. The van der Waals surface area contributed by atoms with Gasteiger partial charge in [-0.3, -0.25) is 4.79 Å². The summed E-state index contributed by atoms with van der Waals surface area (Å²) in [5.41, 5.74) is 4.12. The maximum Gasteiger partial charge on any atom is 0.307 e. The van der Waals surface area contributed by atoms with Crippen LogP contribution in [-0.2, 0) is 27.8 Å². The minimum absolute atomic E-state index is 0.0122. The number of rotatable bonds is 7. The third-order valence-corrected chi connectivity index (χ3v) is 8.73. The average Bonchev–Trinajstić information content (AvgIpc) is 3.16. The third-order valence-electron chi connectivity index (χ3n) is 7.27. The molecule has 1 aliphatic rings. The van der Waals surface area contributed by atoms with Crippen LogP contribution in [0.25, 0.3) is 22.2 Å². The molecule has 8 heteroatoms. The number of benzene rings is 3. The molecule has 0 spiro atoms. The number of nitrogens with two attached hydrogens (primary N) is 1. The van der Waals surface area contributed by atoms with Crippen LogP contribution in [0, 0.1) is 0 Å². The molecule has 1 aromatic heterocycles. The molecule has 0 unspecified atom stereocenters. The lowest BCUT2D eigenvalue weighted by Crippen LogP contribution is -2.21. The highest BCUT2D eigenvalue weighted by molar-refractivity contribution is 7.89. The van der Waals surface area contributed by atoms with Gasteiger partial charge >= 0.3 is 5.97 Å². The molecule has 0 saturated heterocycles. The summed E-state index contributed by atoms with van der Waals surface area (Å²) in [5.74, 6) is -0.976. The maximum absolute atomic E-state index is 13.2. The lowest BCUT2D eigenvalue weighted by atomic mass is 9.83. The second-order valence-corrected chi connectivity index (χ2v) is 11.8. The molecule has 3 aromatic carbocycles. The minimum Gasteiger partial charge on any atom is -0.481 e. The van der Waals surface area contributed by atoms with Crippen LogP contribution in [-0.4, -0.2) is 29.4 Å². The van der Waals surface area contributed by atoms with Crippen molar-refractivity contribution in [2.45, 2.75) is 54.8 Å². The smallest absolute Gasteiger partial charge is 0.307 e. The zero-order valence-corrected chi connectivity index (χ0v) is 21.9. The fourth-order valence-corrected chi connectivity index (χ4v) is 6.97. The number of halogens is 1. The van der Waals surface area contributed by atoms with Crippen LogP contribution >= 0.6 is 11.6 Å². The van der Waals surface area contributed by atoms with Crippen molar-refractivity contribution < 1.29 is 18.3 Å². The summed E-state index contributed by atoms with van der Waals surface area (Å²) in [6.45, 7) is 0.446. The van der Waals surface area contributed by atoms with Gasteiger partial charge in [0.15, 0.2) is 0 Å². The van der Waals surface area contributed by atoms with Crippen LogP contribution in [0.3, 0.4) is 0 Å². The number of para-hydroxylation sites is 1. The van der Waals surface area contributed by atoms with Crippen molar-refractivity contribution in [1.82, 2.24) is 4.57 Å². The highest BCUT2D eigenvalue weighted by Gasteiger charge is 2.31. The third kappa shape index (κ3) is 5.17. The van der Waals surface area contributed by atoms with Crippen LogP contribution in [0.4, 0.5) is 0 Å². The molecule has 3 N–H and O–H groups in total. The molecule has 37 heavy (non-hydrogen) atoms. The maximum atomic E-state index is 13.2. The first-order chi connectivity index (χ1) is 17.7. The number of primary sulfonamides is 1. The molecule has 0 aliphatic heterocycles. The van der Waals surface area contributed by atoms with Gasteiger partial charge in [-0.2, -0.15) is 0 Å². The van der Waals surface area contributed by atoms with Crippen molar-refractivity contribution in [2.24, 2.45) is 5.14 Å². The van der Waals surface area contributed by atoms with Gasteiger partial charge in [0.2, 0.25) is 10.0 Å². The summed E-state index contributed by atoms with van der Waals surface area (Å²) in [6, 6.07) is 22.9. The van der Waals surface area contributed by atoms with E-state index in [4.69, 9.17) is 16.7 Å². The van der Waals surface area contributed by atoms with Gasteiger partial charge in [-0.05, 0) is 54.4 Å². The average molecular weight is 537 g/mol. The van der Waals surface area contributed by atoms with E-state index in [0.717, 1.165) is 42.1 Å². The van der Waals surface area contributed by atoms with Crippen molar-refractivity contribution in [1.29, 1.82) is 0 Å². The number of sulfonamides is 1. The molecule has 0 atom stereocenters. The molecular formula is C29H29ClN2O4S. The van der Waals surface area contributed by atoms with E-state index < -0.39 is 16.0 Å². The van der Waals surface area contributed by atoms with Gasteiger partial charge in [0.1, 0.15) is 0 Å². The Bertz CT molecular complexity index is 1560. The Labute approximate surface area is 221 Å². The quantitative estimate of drug-likeness (QED) is 0.287. The molecule has 6 nitrogen and oxygen atoms in total. The first kappa shape index (κ1) is 25.5. The Morgan fingerprint density at radius 3 is 2.30 bits per heavy atom. The molecule has 0 amide bonds. The fourth-order valence-electron chi connectivity index (χ4n) is 5.69. The summed E-state index contributed by atoms with van der Waals surface area (Å²) >= 11 is 6.34. The van der Waals surface area contributed by atoms with Gasteiger partial charge in [0, 0.05) is 28.4 Å². The fraction of sp³-hybridized carbons (Fsp3) is 0.276. The summed E-state index contributed by atoms with van der Waals surface area (Å²) in [6.07, 6.45) is 2.91. The van der Waals surface area contributed by atoms with Crippen LogP contribution in [0.1, 0.15) is 48.3 Å². The zero-order chi connectivity index (χ0) is 26.2. The molecule has 5 rings (SSSR count). The molecule has 0 bridgehead atoms. The first-order valence-electron chi connectivity index (χ1n) is 12.4. The number of carboxylic acid groups (broad SMARTS) is 1. The Kier molecular flexibility index (Phi) is 7.12. The van der Waals surface area contributed by atoms with Gasteiger partial charge < -0.3 is 9.67 Å². The van der Waals surface area contributed by atoms with Crippen LogP contribution in [0.15, 0.2) is 77.7 Å². The Balaban J connectivity index is 1.82. The lowest BCUT2D eigenvalue weighted by molar-refractivity contribution is -0.136. The van der Waals surface area contributed by atoms with Gasteiger partial charge in [-0.25, -0.2) is 13.6 Å². The Hall–Kier alpha value is -3.13. The summed E-state index contributed by atoms with van der Waals surface area (Å²) in [7, 11) is -4.14. The number of aliphatic carboxylic acids is 1. The summed E-state index contributed by atoms with van der Waals surface area (Å²) < 4.78 is 28.4. The number of hydrogen-bond donors (Lipinski definition) is 2. The lowest BCUT2D eigenvalue weighted by Gasteiger charge is -2.27. The molecule has 1 fully saturated rings. The van der Waals surface area contributed by atoms with Gasteiger partial charge in [0.05, 0.1) is 17.0 Å². The SMILES string of the molecule is NS(=O)(=O)c1c(-c2c(CC(=O)O)c3ccccc3n2Cc2ccccc2)cccc1C1CCC(Cl)CC1. The van der Waals surface area contributed by atoms with Crippen LogP contribution < -0.4 is 5.14 Å². The number of nitrogens with zero attached hydrogens (tertiary/aromatic N) is 1. The van der Waals surface area contributed by atoms with Crippen LogP contribution in [0.2, 0.25) is 0 Å². The van der Waals surface area contributed by atoms with Gasteiger partial charge in [-0.15, -0.1) is 11.6 Å². The van der Waals surface area contributed by atoms with E-state index in [9.17, 15) is 18.3 Å². The van der Waals surface area contributed by atoms with Gasteiger partial charge in [-0.1, -0.05) is 66.7 Å². The molecule has 1 heterocycles. The highest BCUT2D eigenvalue weighted by atomic mass is 35.5. The molecule has 192 valence electrons. The van der Waals surface area contributed by atoms with Crippen molar-refractivity contribution >= 4 is 38.5 Å². The van der Waals surface area contributed by atoms with E-state index in [1.807, 2.05) is 71.3 Å². The van der Waals surface area contributed by atoms with Crippen molar-refractivity contribution in [3.05, 3.63) is 89.5 Å². The number of hydrogen-bond acceptors (Lipinski definition) is 3. The highest BCUT2D eigenvalue weighted by Crippen LogP contribution is 2.43.